The number of nitrogens with one attached hydrogen (secondary N) is 4. The highest BCUT2D eigenvalue weighted by atomic mass is 16.4. The van der Waals surface area contributed by atoms with Crippen LogP contribution >= 0.6 is 0 Å². The molecule has 5 amide bonds. The summed E-state index contributed by atoms with van der Waals surface area (Å²) >= 11 is 0. The minimum Gasteiger partial charge on any atom is -0.481 e. The molecule has 13 nitrogen and oxygen atoms in total. The number of aliphatic hydroxyl groups excluding tert-OH is 1. The molecule has 252 valence electrons. The fourth-order valence-corrected chi connectivity index (χ4v) is 5.19. The number of hydrogen-bond acceptors (Lipinski definition) is 7. The van der Waals surface area contributed by atoms with Gasteiger partial charge in [-0.1, -0.05) is 55.4 Å². The number of amides is 5. The summed E-state index contributed by atoms with van der Waals surface area (Å²) in [6.45, 7) is 15.4. The van der Waals surface area contributed by atoms with Crippen molar-refractivity contribution in [3.05, 3.63) is 0 Å². The zero-order valence-electron chi connectivity index (χ0n) is 27.7. The van der Waals surface area contributed by atoms with E-state index in [9.17, 15) is 39.0 Å². The molecule has 1 heterocycles. The average molecular weight is 626 g/mol. The highest BCUT2D eigenvalue weighted by molar-refractivity contribution is 5.97. The second-order valence-electron chi connectivity index (χ2n) is 14.0. The largest absolute Gasteiger partial charge is 0.481 e. The SMILES string of the molecule is CCC(CC)C(=O)N[C@H](C(=O)N[C@@H](CC(=O)N1CCCC1)C(=O)N[C@@H](CC(=O)O)C(=O)N[C@H](CO)CC(C)(C)C)C(C)(C)C. The van der Waals surface area contributed by atoms with Crippen molar-refractivity contribution in [1.29, 1.82) is 0 Å². The molecule has 0 unspecified atom stereocenters. The van der Waals surface area contributed by atoms with Crippen molar-refractivity contribution in [2.45, 2.75) is 125 Å². The highest BCUT2D eigenvalue weighted by Crippen LogP contribution is 2.22. The van der Waals surface area contributed by atoms with Crippen molar-refractivity contribution in [2.24, 2.45) is 16.7 Å². The van der Waals surface area contributed by atoms with E-state index in [4.69, 9.17) is 0 Å². The molecule has 1 fully saturated rings. The molecular formula is C31H55N5O8. The molecule has 1 aliphatic rings. The van der Waals surface area contributed by atoms with Gasteiger partial charge in [-0.2, -0.15) is 0 Å². The van der Waals surface area contributed by atoms with E-state index >= 15 is 0 Å². The first-order valence-corrected chi connectivity index (χ1v) is 15.6. The van der Waals surface area contributed by atoms with Crippen molar-refractivity contribution >= 4 is 35.5 Å². The summed E-state index contributed by atoms with van der Waals surface area (Å²) in [5.41, 5.74) is -1.02. The number of rotatable bonds is 16. The summed E-state index contributed by atoms with van der Waals surface area (Å²) in [4.78, 5) is 79.6. The third-order valence-corrected chi connectivity index (χ3v) is 7.68. The molecule has 4 atom stereocenters. The molecule has 0 spiro atoms. The number of carboxylic acid groups (broad SMARTS) is 1. The van der Waals surface area contributed by atoms with Crippen LogP contribution in [0.2, 0.25) is 0 Å². The zero-order chi connectivity index (χ0) is 33.8. The normalized spacial score (nSPS) is 16.5. The van der Waals surface area contributed by atoms with Crippen molar-refractivity contribution in [3.63, 3.8) is 0 Å². The quantitative estimate of drug-likeness (QED) is 0.148. The van der Waals surface area contributed by atoms with Crippen LogP contribution in [0.1, 0.15) is 100 Å². The number of nitrogens with zero attached hydrogens (tertiary/aromatic N) is 1. The summed E-state index contributed by atoms with van der Waals surface area (Å²) in [5, 5.41) is 29.7. The Kier molecular flexibility index (Phi) is 15.3. The first-order chi connectivity index (χ1) is 20.3. The molecule has 1 rings (SSSR count). The van der Waals surface area contributed by atoms with Gasteiger partial charge in [0.2, 0.25) is 29.5 Å². The summed E-state index contributed by atoms with van der Waals surface area (Å²) in [6, 6.07) is -4.72. The molecule has 0 aromatic carbocycles. The second-order valence-corrected chi connectivity index (χ2v) is 14.0. The lowest BCUT2D eigenvalue weighted by Crippen LogP contribution is -2.60. The molecule has 0 aliphatic carbocycles. The summed E-state index contributed by atoms with van der Waals surface area (Å²) < 4.78 is 0. The molecule has 0 saturated carbocycles. The van der Waals surface area contributed by atoms with Gasteiger partial charge in [0.1, 0.15) is 18.1 Å². The van der Waals surface area contributed by atoms with Gasteiger partial charge < -0.3 is 36.4 Å². The zero-order valence-corrected chi connectivity index (χ0v) is 27.7. The van der Waals surface area contributed by atoms with Crippen LogP contribution in [-0.4, -0.2) is 94.5 Å². The third-order valence-electron chi connectivity index (χ3n) is 7.68. The maximum Gasteiger partial charge on any atom is 0.305 e. The third kappa shape index (κ3) is 13.2. The van der Waals surface area contributed by atoms with Crippen LogP contribution in [0, 0.1) is 16.7 Å². The van der Waals surface area contributed by atoms with Gasteiger partial charge in [0, 0.05) is 19.0 Å². The molecule has 0 aromatic heterocycles. The van der Waals surface area contributed by atoms with Crippen molar-refractivity contribution in [1.82, 2.24) is 26.2 Å². The first-order valence-electron chi connectivity index (χ1n) is 15.6. The number of carbonyl (C=O) groups excluding carboxylic acids is 5. The van der Waals surface area contributed by atoms with Crippen molar-refractivity contribution < 1.29 is 39.0 Å². The topological polar surface area (TPSA) is 194 Å². The number of hydrogen-bond donors (Lipinski definition) is 6. The second kappa shape index (κ2) is 17.3. The lowest BCUT2D eigenvalue weighted by molar-refractivity contribution is -0.142. The lowest BCUT2D eigenvalue weighted by atomic mass is 9.85. The van der Waals surface area contributed by atoms with Crippen molar-refractivity contribution in [3.8, 4) is 0 Å². The van der Waals surface area contributed by atoms with Gasteiger partial charge in [-0.25, -0.2) is 0 Å². The maximum absolute atomic E-state index is 13.6. The van der Waals surface area contributed by atoms with Gasteiger partial charge in [0.25, 0.3) is 0 Å². The fraction of sp³-hybridized carbons (Fsp3) is 0.806. The predicted molar refractivity (Wildman–Crippen MR) is 165 cm³/mol. The Labute approximate surface area is 261 Å². The van der Waals surface area contributed by atoms with E-state index in [0.717, 1.165) is 12.8 Å². The van der Waals surface area contributed by atoms with Crippen LogP contribution in [0.4, 0.5) is 0 Å². The minimum atomic E-state index is -1.54. The van der Waals surface area contributed by atoms with Gasteiger partial charge in [-0.3, -0.25) is 28.8 Å². The maximum atomic E-state index is 13.6. The number of likely N-dealkylation sites (tertiary alicyclic amines) is 1. The molecule has 1 saturated heterocycles. The smallest absolute Gasteiger partial charge is 0.305 e. The standard InChI is InChI=1S/C31H55N5O8/c1-9-19(10-2)26(41)35-25(31(6,7)8)29(44)34-21(15-23(38)36-13-11-12-14-36)28(43)33-22(16-24(39)40)27(42)32-20(18-37)17-30(3,4)5/h19-22,25,37H,9-18H2,1-8H3,(H,32,42)(H,33,43)(H,34,44)(H,35,41)(H,39,40)/t20-,21-,22-,25+/m0/s1. The van der Waals surface area contributed by atoms with E-state index in [1.807, 2.05) is 34.6 Å². The average Bonchev–Trinajstić information content (AvgIpc) is 3.44. The lowest BCUT2D eigenvalue weighted by Gasteiger charge is -2.33. The van der Waals surface area contributed by atoms with E-state index in [1.165, 1.54) is 0 Å². The minimum absolute atomic E-state index is 0.259. The Bertz CT molecular complexity index is 1010. The van der Waals surface area contributed by atoms with Gasteiger partial charge in [-0.05, 0) is 42.9 Å². The van der Waals surface area contributed by atoms with Crippen LogP contribution in [-0.2, 0) is 28.8 Å². The molecule has 0 radical (unpaired) electrons. The van der Waals surface area contributed by atoms with Gasteiger partial charge in [0.05, 0.1) is 25.5 Å². The fourth-order valence-electron chi connectivity index (χ4n) is 5.19. The van der Waals surface area contributed by atoms with E-state index in [-0.39, 0.29) is 23.1 Å². The van der Waals surface area contributed by atoms with Crippen LogP contribution in [0.3, 0.4) is 0 Å². The Balaban J connectivity index is 3.29. The van der Waals surface area contributed by atoms with Gasteiger partial charge in [0.15, 0.2) is 0 Å². The number of aliphatic hydroxyl groups is 1. The van der Waals surface area contributed by atoms with E-state index in [1.54, 1.807) is 25.7 Å². The highest BCUT2D eigenvalue weighted by Gasteiger charge is 2.38. The number of carboxylic acids is 1. The molecule has 0 aromatic rings. The van der Waals surface area contributed by atoms with Crippen LogP contribution < -0.4 is 21.3 Å². The number of aliphatic carboxylic acids is 1. The van der Waals surface area contributed by atoms with Crippen LogP contribution in [0.5, 0.6) is 0 Å². The van der Waals surface area contributed by atoms with Gasteiger partial charge in [-0.15, -0.1) is 0 Å². The molecule has 44 heavy (non-hydrogen) atoms. The van der Waals surface area contributed by atoms with Crippen LogP contribution in [0.15, 0.2) is 0 Å². The monoisotopic (exact) mass is 625 g/mol. The summed E-state index contributed by atoms with van der Waals surface area (Å²) in [5.74, 6) is -4.75. The Hall–Kier alpha value is -3.22. The van der Waals surface area contributed by atoms with E-state index in [2.05, 4.69) is 21.3 Å². The molecule has 13 heteroatoms. The summed E-state index contributed by atoms with van der Waals surface area (Å²) in [6.07, 6.45) is 1.99. The number of carbonyl (C=O) groups is 6. The Morgan fingerprint density at radius 2 is 1.23 bits per heavy atom. The van der Waals surface area contributed by atoms with Gasteiger partial charge >= 0.3 is 5.97 Å². The molecular weight excluding hydrogens is 570 g/mol. The van der Waals surface area contributed by atoms with Crippen molar-refractivity contribution in [2.75, 3.05) is 19.7 Å². The Morgan fingerprint density at radius 1 is 0.727 bits per heavy atom. The van der Waals surface area contributed by atoms with E-state index < -0.39 is 72.7 Å². The molecule has 1 aliphatic heterocycles. The first kappa shape index (κ1) is 38.8. The molecule has 0 bridgehead atoms. The summed E-state index contributed by atoms with van der Waals surface area (Å²) in [7, 11) is 0. The van der Waals surface area contributed by atoms with Crippen LogP contribution in [0.25, 0.3) is 0 Å². The molecule has 6 N–H and O–H groups in total. The van der Waals surface area contributed by atoms with E-state index in [0.29, 0.717) is 32.4 Å². The Morgan fingerprint density at radius 3 is 1.68 bits per heavy atom. The predicted octanol–water partition coefficient (Wildman–Crippen LogP) is 1.32.